The Bertz CT molecular complexity index is 1100. The van der Waals surface area contributed by atoms with Crippen molar-refractivity contribution in [2.45, 2.75) is 38.9 Å². The van der Waals surface area contributed by atoms with Crippen LogP contribution in [0.25, 0.3) is 21.5 Å². The van der Waals surface area contributed by atoms with E-state index in [4.69, 9.17) is 4.74 Å². The number of rotatable bonds is 9. The van der Waals surface area contributed by atoms with E-state index in [2.05, 4.69) is 12.6 Å². The van der Waals surface area contributed by atoms with Gasteiger partial charge in [-0.25, -0.2) is 9.59 Å². The number of carboxylic acid groups (broad SMARTS) is 1. The molecule has 0 aromatic heterocycles. The van der Waals surface area contributed by atoms with E-state index in [1.807, 2.05) is 48.5 Å². The standard InChI is InChI=1S/C26H26O5/c1-17(11-13-19(25(28)29)14-12-18(2)27)26(30)31-16-24-22-9-5-3-7-20(22)15-21-8-4-6-10-23(21)24/h3-10,13,15,18,27H,1,11-12,14,16H2,2H3,(H,28,29). The highest BCUT2D eigenvalue weighted by atomic mass is 16.5. The number of hydrogen-bond acceptors (Lipinski definition) is 4. The van der Waals surface area contributed by atoms with Crippen LogP contribution < -0.4 is 0 Å². The van der Waals surface area contributed by atoms with Crippen molar-refractivity contribution in [3.8, 4) is 0 Å². The third-order valence-corrected chi connectivity index (χ3v) is 5.22. The molecule has 0 saturated heterocycles. The van der Waals surface area contributed by atoms with Crippen LogP contribution in [0.15, 0.2) is 78.4 Å². The lowest BCUT2D eigenvalue weighted by atomic mass is 9.97. The van der Waals surface area contributed by atoms with Gasteiger partial charge in [-0.2, -0.15) is 0 Å². The molecule has 0 aliphatic heterocycles. The fourth-order valence-electron chi connectivity index (χ4n) is 3.49. The average molecular weight is 418 g/mol. The van der Waals surface area contributed by atoms with Gasteiger partial charge in [-0.1, -0.05) is 61.2 Å². The predicted octanol–water partition coefficient (Wildman–Crippen LogP) is 5.15. The Morgan fingerprint density at radius 3 is 2.19 bits per heavy atom. The second-order valence-electron chi connectivity index (χ2n) is 7.60. The summed E-state index contributed by atoms with van der Waals surface area (Å²) >= 11 is 0. The van der Waals surface area contributed by atoms with Crippen LogP contribution in [-0.4, -0.2) is 28.3 Å². The molecule has 3 aromatic carbocycles. The second kappa shape index (κ2) is 10.0. The van der Waals surface area contributed by atoms with Crippen molar-refractivity contribution in [1.82, 2.24) is 0 Å². The Morgan fingerprint density at radius 1 is 1.06 bits per heavy atom. The number of fused-ring (bicyclic) bond motifs is 2. The highest BCUT2D eigenvalue weighted by Crippen LogP contribution is 2.29. The van der Waals surface area contributed by atoms with Crippen molar-refractivity contribution in [1.29, 1.82) is 0 Å². The van der Waals surface area contributed by atoms with Gasteiger partial charge in [-0.3, -0.25) is 0 Å². The molecule has 3 rings (SSSR count). The van der Waals surface area contributed by atoms with Gasteiger partial charge in [0.15, 0.2) is 0 Å². The fraction of sp³-hybridized carbons (Fsp3) is 0.231. The van der Waals surface area contributed by atoms with E-state index in [1.54, 1.807) is 6.92 Å². The first-order valence-electron chi connectivity index (χ1n) is 10.2. The third kappa shape index (κ3) is 5.58. The third-order valence-electron chi connectivity index (χ3n) is 5.22. The molecule has 0 fully saturated rings. The molecule has 0 amide bonds. The topological polar surface area (TPSA) is 83.8 Å². The normalized spacial score (nSPS) is 12.6. The van der Waals surface area contributed by atoms with Crippen LogP contribution in [0.1, 0.15) is 31.7 Å². The maximum Gasteiger partial charge on any atom is 0.334 e. The quantitative estimate of drug-likeness (QED) is 0.285. The first-order valence-corrected chi connectivity index (χ1v) is 10.2. The summed E-state index contributed by atoms with van der Waals surface area (Å²) in [4.78, 5) is 23.9. The summed E-state index contributed by atoms with van der Waals surface area (Å²) in [6.07, 6.45) is 1.50. The van der Waals surface area contributed by atoms with Gasteiger partial charge >= 0.3 is 11.9 Å². The van der Waals surface area contributed by atoms with Crippen LogP contribution in [0.2, 0.25) is 0 Å². The summed E-state index contributed by atoms with van der Waals surface area (Å²) in [5, 5.41) is 22.8. The van der Waals surface area contributed by atoms with Crippen molar-refractivity contribution < 1.29 is 24.5 Å². The smallest absolute Gasteiger partial charge is 0.334 e. The number of carbonyl (C=O) groups is 2. The Kier molecular flexibility index (Phi) is 7.21. The first-order chi connectivity index (χ1) is 14.9. The predicted molar refractivity (Wildman–Crippen MR) is 122 cm³/mol. The van der Waals surface area contributed by atoms with Gasteiger partial charge in [-0.15, -0.1) is 0 Å². The van der Waals surface area contributed by atoms with Crippen molar-refractivity contribution in [3.63, 3.8) is 0 Å². The SMILES string of the molecule is C=C(CC=C(CCC(C)O)C(=O)O)C(=O)OCc1c2ccccc2cc2ccccc12. The van der Waals surface area contributed by atoms with Gasteiger partial charge in [0.1, 0.15) is 6.61 Å². The molecule has 1 unspecified atom stereocenters. The molecule has 1 atom stereocenters. The zero-order valence-electron chi connectivity index (χ0n) is 17.5. The van der Waals surface area contributed by atoms with E-state index in [-0.39, 0.29) is 30.6 Å². The summed E-state index contributed by atoms with van der Waals surface area (Å²) in [7, 11) is 0. The zero-order chi connectivity index (χ0) is 22.4. The molecule has 5 nitrogen and oxygen atoms in total. The average Bonchev–Trinajstić information content (AvgIpc) is 2.75. The molecule has 0 radical (unpaired) electrons. The van der Waals surface area contributed by atoms with Crippen LogP contribution in [0.5, 0.6) is 0 Å². The molecule has 0 heterocycles. The Morgan fingerprint density at radius 2 is 1.65 bits per heavy atom. The van der Waals surface area contributed by atoms with E-state index in [1.165, 1.54) is 6.08 Å². The van der Waals surface area contributed by atoms with Crippen molar-refractivity contribution in [2.24, 2.45) is 0 Å². The summed E-state index contributed by atoms with van der Waals surface area (Å²) in [6, 6.07) is 18.0. The Hall–Kier alpha value is -3.44. The molecule has 5 heteroatoms. The molecule has 160 valence electrons. The number of carbonyl (C=O) groups excluding carboxylic acids is 1. The molecule has 0 spiro atoms. The minimum Gasteiger partial charge on any atom is -0.478 e. The van der Waals surface area contributed by atoms with E-state index in [0.717, 1.165) is 27.1 Å². The highest BCUT2D eigenvalue weighted by molar-refractivity contribution is 6.02. The summed E-state index contributed by atoms with van der Waals surface area (Å²) in [5.41, 5.74) is 1.25. The van der Waals surface area contributed by atoms with Crippen molar-refractivity contribution >= 4 is 33.5 Å². The first kappa shape index (κ1) is 22.2. The molecule has 31 heavy (non-hydrogen) atoms. The monoisotopic (exact) mass is 418 g/mol. The maximum absolute atomic E-state index is 12.5. The van der Waals surface area contributed by atoms with Crippen LogP contribution in [-0.2, 0) is 20.9 Å². The molecule has 0 saturated carbocycles. The molecule has 3 aromatic rings. The van der Waals surface area contributed by atoms with Gasteiger partial charge < -0.3 is 14.9 Å². The van der Waals surface area contributed by atoms with Gasteiger partial charge in [0.25, 0.3) is 0 Å². The lowest BCUT2D eigenvalue weighted by molar-refractivity contribution is -0.140. The van der Waals surface area contributed by atoms with Gasteiger partial charge in [0, 0.05) is 16.7 Å². The van der Waals surface area contributed by atoms with E-state index in [9.17, 15) is 19.8 Å². The molecule has 2 N–H and O–H groups in total. The molecule has 0 aliphatic carbocycles. The number of carboxylic acids is 1. The van der Waals surface area contributed by atoms with Crippen LogP contribution in [0.3, 0.4) is 0 Å². The fourth-order valence-corrected chi connectivity index (χ4v) is 3.49. The van der Waals surface area contributed by atoms with Crippen LogP contribution in [0.4, 0.5) is 0 Å². The highest BCUT2D eigenvalue weighted by Gasteiger charge is 2.14. The number of aliphatic carboxylic acids is 1. The molecular formula is C26H26O5. The van der Waals surface area contributed by atoms with Crippen LogP contribution in [0, 0.1) is 0 Å². The summed E-state index contributed by atoms with van der Waals surface area (Å²) < 4.78 is 5.54. The Balaban J connectivity index is 1.74. The number of hydrogen-bond donors (Lipinski definition) is 2. The number of ether oxygens (including phenoxy) is 1. The van der Waals surface area contributed by atoms with Gasteiger partial charge in [0.05, 0.1) is 6.10 Å². The largest absolute Gasteiger partial charge is 0.478 e. The molecule has 0 bridgehead atoms. The minimum absolute atomic E-state index is 0.0799. The van der Waals surface area contributed by atoms with Gasteiger partial charge in [-0.05, 0) is 53.8 Å². The lowest BCUT2D eigenvalue weighted by Crippen LogP contribution is -2.09. The summed E-state index contributed by atoms with van der Waals surface area (Å²) in [6.45, 7) is 5.46. The van der Waals surface area contributed by atoms with E-state index in [0.29, 0.717) is 6.42 Å². The number of aliphatic hydroxyl groups is 1. The van der Waals surface area contributed by atoms with E-state index >= 15 is 0 Å². The number of allylic oxidation sites excluding steroid dienone is 1. The number of benzene rings is 3. The van der Waals surface area contributed by atoms with Crippen molar-refractivity contribution in [3.05, 3.63) is 84.0 Å². The second-order valence-corrected chi connectivity index (χ2v) is 7.60. The number of esters is 1. The lowest BCUT2D eigenvalue weighted by Gasteiger charge is -2.13. The zero-order valence-corrected chi connectivity index (χ0v) is 17.5. The molecular weight excluding hydrogens is 392 g/mol. The minimum atomic E-state index is -1.07. The van der Waals surface area contributed by atoms with Crippen molar-refractivity contribution in [2.75, 3.05) is 0 Å². The van der Waals surface area contributed by atoms with E-state index < -0.39 is 18.0 Å². The van der Waals surface area contributed by atoms with Gasteiger partial charge in [0.2, 0.25) is 0 Å². The maximum atomic E-state index is 12.5. The summed E-state index contributed by atoms with van der Waals surface area (Å²) in [5.74, 6) is -1.63. The Labute approximate surface area is 181 Å². The molecule has 0 aliphatic rings. The number of aliphatic hydroxyl groups excluding tert-OH is 1. The van der Waals surface area contributed by atoms with Crippen LogP contribution >= 0.6 is 0 Å².